The molecule has 0 bridgehead atoms. The molecule has 2 aromatic heterocycles. The Labute approximate surface area is 156 Å². The van der Waals surface area contributed by atoms with E-state index in [2.05, 4.69) is 40.5 Å². The Kier molecular flexibility index (Phi) is 5.68. The van der Waals surface area contributed by atoms with Crippen LogP contribution in [-0.2, 0) is 0 Å². The number of hydrogen-bond donors (Lipinski definition) is 0. The Bertz CT molecular complexity index is 983. The van der Waals surface area contributed by atoms with Gasteiger partial charge in [0.1, 0.15) is 11.3 Å². The molecule has 0 saturated carbocycles. The van der Waals surface area contributed by atoms with Gasteiger partial charge in [-0.3, -0.25) is 0 Å². The molecule has 7 heteroatoms. The Hall–Kier alpha value is -2.67. The van der Waals surface area contributed by atoms with Gasteiger partial charge in [0, 0.05) is 36.0 Å². The van der Waals surface area contributed by atoms with Crippen molar-refractivity contribution in [2.24, 2.45) is 0 Å². The molecule has 3 aromatic rings. The molecule has 0 unspecified atom stereocenters. The lowest BCUT2D eigenvalue weighted by atomic mass is 10.1. The van der Waals surface area contributed by atoms with Gasteiger partial charge in [-0.05, 0) is 32.0 Å². The minimum atomic E-state index is -0.436. The van der Waals surface area contributed by atoms with E-state index in [-0.39, 0.29) is 0 Å². The van der Waals surface area contributed by atoms with Gasteiger partial charge in [-0.15, -0.1) is 11.7 Å². The van der Waals surface area contributed by atoms with Crippen molar-refractivity contribution in [3.63, 3.8) is 0 Å². The molecule has 6 nitrogen and oxygen atoms in total. The Morgan fingerprint density at radius 1 is 1.27 bits per heavy atom. The van der Waals surface area contributed by atoms with Crippen LogP contribution in [0.3, 0.4) is 0 Å². The number of aromatic nitrogens is 3. The molecule has 2 heterocycles. The fourth-order valence-electron chi connectivity index (χ4n) is 2.68. The smallest absolute Gasteiger partial charge is 0.345 e. The highest BCUT2D eigenvalue weighted by molar-refractivity contribution is 7.99. The Balaban J connectivity index is 2.03. The van der Waals surface area contributed by atoms with Crippen molar-refractivity contribution in [1.82, 2.24) is 15.2 Å². The first-order valence-corrected chi connectivity index (χ1v) is 9.41. The first kappa shape index (κ1) is 18.1. The summed E-state index contributed by atoms with van der Waals surface area (Å²) >= 11 is 1.41. The highest BCUT2D eigenvalue weighted by atomic mass is 32.2. The molecule has 0 radical (unpaired) electrons. The van der Waals surface area contributed by atoms with Gasteiger partial charge < -0.3 is 9.32 Å². The molecule has 26 heavy (non-hydrogen) atoms. The van der Waals surface area contributed by atoms with Crippen LogP contribution < -0.4 is 10.5 Å². The van der Waals surface area contributed by atoms with E-state index < -0.39 is 5.63 Å². The van der Waals surface area contributed by atoms with Crippen LogP contribution in [0.5, 0.6) is 0 Å². The van der Waals surface area contributed by atoms with Crippen molar-refractivity contribution in [3.8, 4) is 11.3 Å². The number of benzene rings is 1. The largest absolute Gasteiger partial charge is 0.422 e. The van der Waals surface area contributed by atoms with Gasteiger partial charge in [-0.1, -0.05) is 17.8 Å². The van der Waals surface area contributed by atoms with Gasteiger partial charge in [-0.2, -0.15) is 5.10 Å². The summed E-state index contributed by atoms with van der Waals surface area (Å²) in [6, 6.07) is 7.68. The molecule has 1 aromatic carbocycles. The number of fused-ring (bicyclic) bond motifs is 1. The summed E-state index contributed by atoms with van der Waals surface area (Å²) in [5.74, 6) is 0.672. The minimum Gasteiger partial charge on any atom is -0.422 e. The number of rotatable bonds is 7. The second-order valence-electron chi connectivity index (χ2n) is 5.57. The molecular formula is C19H20N4O2S. The molecule has 0 spiro atoms. The zero-order valence-corrected chi connectivity index (χ0v) is 15.6. The number of hydrogen-bond acceptors (Lipinski definition) is 7. The molecule has 0 fully saturated rings. The van der Waals surface area contributed by atoms with E-state index >= 15 is 0 Å². The van der Waals surface area contributed by atoms with Gasteiger partial charge in [0.05, 0.1) is 11.8 Å². The van der Waals surface area contributed by atoms with E-state index in [1.807, 2.05) is 18.2 Å². The summed E-state index contributed by atoms with van der Waals surface area (Å²) in [7, 11) is 0. The lowest BCUT2D eigenvalue weighted by molar-refractivity contribution is 0.562. The first-order chi connectivity index (χ1) is 12.7. The van der Waals surface area contributed by atoms with E-state index in [4.69, 9.17) is 4.42 Å². The summed E-state index contributed by atoms with van der Waals surface area (Å²) in [6.07, 6.45) is 3.24. The second kappa shape index (κ2) is 8.14. The van der Waals surface area contributed by atoms with Gasteiger partial charge >= 0.3 is 5.63 Å². The molecule has 0 atom stereocenters. The van der Waals surface area contributed by atoms with Crippen LogP contribution in [0, 0.1) is 0 Å². The molecule has 0 saturated heterocycles. The van der Waals surface area contributed by atoms with Crippen LogP contribution in [0.15, 0.2) is 57.5 Å². The first-order valence-electron chi connectivity index (χ1n) is 8.43. The third kappa shape index (κ3) is 3.77. The van der Waals surface area contributed by atoms with Crippen molar-refractivity contribution in [1.29, 1.82) is 0 Å². The van der Waals surface area contributed by atoms with Gasteiger partial charge in [0.25, 0.3) is 0 Å². The molecule has 0 aliphatic carbocycles. The van der Waals surface area contributed by atoms with Crippen LogP contribution in [0.4, 0.5) is 5.69 Å². The second-order valence-corrected chi connectivity index (χ2v) is 6.55. The Morgan fingerprint density at radius 3 is 2.81 bits per heavy atom. The highest BCUT2D eigenvalue weighted by Crippen LogP contribution is 2.25. The highest BCUT2D eigenvalue weighted by Gasteiger charge is 2.12. The third-order valence-electron chi connectivity index (χ3n) is 3.99. The van der Waals surface area contributed by atoms with Crippen LogP contribution in [0.2, 0.25) is 0 Å². The maximum absolute atomic E-state index is 12.5. The number of anilines is 1. The molecule has 0 N–H and O–H groups in total. The van der Waals surface area contributed by atoms with Gasteiger partial charge in [0.15, 0.2) is 0 Å². The van der Waals surface area contributed by atoms with Crippen LogP contribution in [0.25, 0.3) is 22.2 Å². The molecule has 3 rings (SSSR count). The normalized spacial score (nSPS) is 10.8. The zero-order valence-electron chi connectivity index (χ0n) is 14.8. The summed E-state index contributed by atoms with van der Waals surface area (Å²) in [5, 5.41) is 9.24. The van der Waals surface area contributed by atoms with Crippen LogP contribution in [0.1, 0.15) is 13.8 Å². The fourth-order valence-corrected chi connectivity index (χ4v) is 3.21. The lowest BCUT2D eigenvalue weighted by Gasteiger charge is -2.21. The number of nitrogens with zero attached hydrogens (tertiary/aromatic N) is 4. The monoisotopic (exact) mass is 368 g/mol. The van der Waals surface area contributed by atoms with E-state index in [1.165, 1.54) is 18.0 Å². The summed E-state index contributed by atoms with van der Waals surface area (Å²) in [4.78, 5) is 19.1. The maximum Gasteiger partial charge on any atom is 0.345 e. The maximum atomic E-state index is 12.5. The molecular weight excluding hydrogens is 348 g/mol. The Morgan fingerprint density at radius 2 is 2.08 bits per heavy atom. The average Bonchev–Trinajstić information content (AvgIpc) is 2.67. The van der Waals surface area contributed by atoms with E-state index in [0.29, 0.717) is 27.7 Å². The topological polar surface area (TPSA) is 72.1 Å². The summed E-state index contributed by atoms with van der Waals surface area (Å²) in [5.41, 5.74) is 1.99. The van der Waals surface area contributed by atoms with Crippen molar-refractivity contribution >= 4 is 28.4 Å². The zero-order chi connectivity index (χ0) is 18.5. The summed E-state index contributed by atoms with van der Waals surface area (Å²) in [6.45, 7) is 9.64. The predicted octanol–water partition coefficient (Wildman–Crippen LogP) is 3.77. The molecule has 134 valence electrons. The predicted molar refractivity (Wildman–Crippen MR) is 106 cm³/mol. The molecule has 0 aliphatic heterocycles. The van der Waals surface area contributed by atoms with Crippen molar-refractivity contribution in [2.45, 2.75) is 19.0 Å². The quantitative estimate of drug-likeness (QED) is 0.357. The minimum absolute atomic E-state index is 0.378. The number of thioether (sulfide) groups is 1. The average molecular weight is 368 g/mol. The molecule has 0 amide bonds. The SMILES string of the molecule is C=CCSc1nncc(-c2cc3ccc(N(CC)CC)cc3oc2=O)n1. The van der Waals surface area contributed by atoms with E-state index in [0.717, 1.165) is 24.2 Å². The van der Waals surface area contributed by atoms with E-state index in [9.17, 15) is 4.79 Å². The third-order valence-corrected chi connectivity index (χ3v) is 4.83. The molecule has 0 aliphatic rings. The van der Waals surface area contributed by atoms with Crippen molar-refractivity contribution in [2.75, 3.05) is 23.7 Å². The van der Waals surface area contributed by atoms with Gasteiger partial charge in [-0.25, -0.2) is 9.78 Å². The van der Waals surface area contributed by atoms with Crippen molar-refractivity contribution < 1.29 is 4.42 Å². The fraction of sp³-hybridized carbons (Fsp3) is 0.263. The lowest BCUT2D eigenvalue weighted by Crippen LogP contribution is -2.21. The standard InChI is InChI=1S/C19H20N4O2S/c1-4-9-26-19-21-16(12-20-22-19)15-10-13-7-8-14(23(5-2)6-3)11-17(13)25-18(15)24/h4,7-8,10-12H,1,5-6,9H2,2-3H3. The van der Waals surface area contributed by atoms with Crippen LogP contribution in [-0.4, -0.2) is 34.0 Å². The van der Waals surface area contributed by atoms with Gasteiger partial charge in [0.2, 0.25) is 5.16 Å². The summed E-state index contributed by atoms with van der Waals surface area (Å²) < 4.78 is 5.55. The van der Waals surface area contributed by atoms with E-state index in [1.54, 1.807) is 12.1 Å². The van der Waals surface area contributed by atoms with Crippen LogP contribution >= 0.6 is 11.8 Å². The van der Waals surface area contributed by atoms with Crippen molar-refractivity contribution in [3.05, 3.63) is 53.5 Å².